The number of hydrogen-bond donors (Lipinski definition) is 2. The Kier molecular flexibility index (Phi) is 2.04. The molecule has 0 amide bonds. The minimum absolute atomic E-state index is 0.722. The van der Waals surface area contributed by atoms with Gasteiger partial charge in [-0.1, -0.05) is 12.1 Å². The molecule has 0 aliphatic heterocycles. The number of nitrogens with zero attached hydrogens (tertiary/aromatic N) is 2. The molecule has 0 saturated carbocycles. The third kappa shape index (κ3) is 1.34. The fourth-order valence-electron chi connectivity index (χ4n) is 0.686. The lowest BCUT2D eigenvalue weighted by Crippen LogP contribution is -1.83. The number of nitrogens with one attached hydrogen (secondary N) is 1. The lowest BCUT2D eigenvalue weighted by atomic mass is 10.5. The molecule has 1 heterocycles. The van der Waals surface area contributed by atoms with Crippen molar-refractivity contribution in [2.24, 2.45) is 5.16 Å². The second kappa shape index (κ2) is 3.00. The molecule has 1 rings (SSSR count). The summed E-state index contributed by atoms with van der Waals surface area (Å²) in [7, 11) is 0. The Morgan fingerprint density at radius 2 is 2.70 bits per heavy atom. The number of aromatic nitrogens is 2. The van der Waals surface area contributed by atoms with Crippen molar-refractivity contribution in [3.05, 3.63) is 17.7 Å². The van der Waals surface area contributed by atoms with Gasteiger partial charge < -0.3 is 10.2 Å². The molecule has 10 heavy (non-hydrogen) atoms. The molecule has 0 aliphatic rings. The van der Waals surface area contributed by atoms with E-state index in [1.165, 1.54) is 6.21 Å². The van der Waals surface area contributed by atoms with Gasteiger partial charge in [-0.25, -0.2) is 4.98 Å². The van der Waals surface area contributed by atoms with Gasteiger partial charge in [0.1, 0.15) is 5.82 Å². The topological polar surface area (TPSA) is 61.3 Å². The predicted octanol–water partition coefficient (Wildman–Crippen LogP) is 0.780. The number of aryl methyl sites for hydroxylation is 1. The van der Waals surface area contributed by atoms with Crippen LogP contribution in [0.25, 0.3) is 0 Å². The van der Waals surface area contributed by atoms with Gasteiger partial charge >= 0.3 is 0 Å². The molecular formula is C6H9N3O. The van der Waals surface area contributed by atoms with Crippen LogP contribution in [0.3, 0.4) is 0 Å². The molecule has 2 N–H and O–H groups in total. The highest BCUT2D eigenvalue weighted by Crippen LogP contribution is 1.93. The fraction of sp³-hybridized carbons (Fsp3) is 0.333. The van der Waals surface area contributed by atoms with Crippen molar-refractivity contribution in [1.29, 1.82) is 0 Å². The van der Waals surface area contributed by atoms with Crippen molar-refractivity contribution in [3.8, 4) is 0 Å². The van der Waals surface area contributed by atoms with Crippen molar-refractivity contribution in [2.45, 2.75) is 13.3 Å². The summed E-state index contributed by atoms with van der Waals surface area (Å²) in [5.74, 6) is 0.898. The smallest absolute Gasteiger partial charge is 0.106 e. The van der Waals surface area contributed by atoms with E-state index in [4.69, 9.17) is 5.21 Å². The molecule has 0 aliphatic carbocycles. The molecular weight excluding hydrogens is 130 g/mol. The van der Waals surface area contributed by atoms with Crippen molar-refractivity contribution in [3.63, 3.8) is 0 Å². The molecule has 1 aromatic heterocycles. The summed E-state index contributed by atoms with van der Waals surface area (Å²) in [5, 5.41) is 11.0. The van der Waals surface area contributed by atoms with Gasteiger partial charge in [-0.3, -0.25) is 0 Å². The Morgan fingerprint density at radius 1 is 1.90 bits per heavy atom. The van der Waals surface area contributed by atoms with Crippen LogP contribution in [0.1, 0.15) is 18.4 Å². The maximum absolute atomic E-state index is 8.12. The van der Waals surface area contributed by atoms with Crippen LogP contribution < -0.4 is 0 Å². The highest BCUT2D eigenvalue weighted by molar-refractivity contribution is 5.75. The van der Waals surface area contributed by atoms with Gasteiger partial charge in [-0.05, 0) is 0 Å². The minimum Gasteiger partial charge on any atom is -0.411 e. The Balaban J connectivity index is 2.78. The van der Waals surface area contributed by atoms with Crippen molar-refractivity contribution in [1.82, 2.24) is 9.97 Å². The van der Waals surface area contributed by atoms with Crippen LogP contribution in [0, 0.1) is 0 Å². The van der Waals surface area contributed by atoms with Crippen LogP contribution in [-0.4, -0.2) is 21.4 Å². The molecule has 0 aromatic carbocycles. The quantitative estimate of drug-likeness (QED) is 0.361. The van der Waals surface area contributed by atoms with E-state index in [-0.39, 0.29) is 0 Å². The molecule has 0 atom stereocenters. The van der Waals surface area contributed by atoms with Gasteiger partial charge in [0, 0.05) is 6.42 Å². The van der Waals surface area contributed by atoms with E-state index in [0.29, 0.717) is 0 Å². The molecule has 0 fully saturated rings. The minimum atomic E-state index is 0.722. The summed E-state index contributed by atoms with van der Waals surface area (Å²) in [4.78, 5) is 6.94. The lowest BCUT2D eigenvalue weighted by Gasteiger charge is -1.83. The van der Waals surface area contributed by atoms with Crippen LogP contribution in [0.2, 0.25) is 0 Å². The summed E-state index contributed by atoms with van der Waals surface area (Å²) < 4.78 is 0. The monoisotopic (exact) mass is 139 g/mol. The van der Waals surface area contributed by atoms with Gasteiger partial charge in [-0.2, -0.15) is 0 Å². The first-order valence-electron chi connectivity index (χ1n) is 3.08. The van der Waals surface area contributed by atoms with Crippen molar-refractivity contribution in [2.75, 3.05) is 0 Å². The van der Waals surface area contributed by atoms with E-state index >= 15 is 0 Å². The Hall–Kier alpha value is -1.32. The van der Waals surface area contributed by atoms with Crippen LogP contribution >= 0.6 is 0 Å². The number of H-pyrrole nitrogens is 1. The van der Waals surface area contributed by atoms with E-state index < -0.39 is 0 Å². The number of oxime groups is 1. The largest absolute Gasteiger partial charge is 0.411 e. The van der Waals surface area contributed by atoms with Crippen LogP contribution in [0.4, 0.5) is 0 Å². The van der Waals surface area contributed by atoms with Crippen LogP contribution in [0.5, 0.6) is 0 Å². The number of hydrogen-bond acceptors (Lipinski definition) is 3. The van der Waals surface area contributed by atoms with Crippen molar-refractivity contribution < 1.29 is 5.21 Å². The van der Waals surface area contributed by atoms with E-state index in [1.54, 1.807) is 6.20 Å². The van der Waals surface area contributed by atoms with Crippen LogP contribution in [-0.2, 0) is 6.42 Å². The van der Waals surface area contributed by atoms with E-state index in [9.17, 15) is 0 Å². The molecule has 0 radical (unpaired) electrons. The highest BCUT2D eigenvalue weighted by Gasteiger charge is 1.93. The SMILES string of the molecule is CCc1ncc(C=NO)[nH]1. The summed E-state index contributed by atoms with van der Waals surface area (Å²) in [5.41, 5.74) is 0.722. The maximum Gasteiger partial charge on any atom is 0.106 e. The summed E-state index contributed by atoms with van der Waals surface area (Å²) in [6.45, 7) is 2.00. The van der Waals surface area contributed by atoms with E-state index in [0.717, 1.165) is 17.9 Å². The average Bonchev–Trinajstić information content (AvgIpc) is 2.37. The van der Waals surface area contributed by atoms with E-state index in [1.807, 2.05) is 6.92 Å². The van der Waals surface area contributed by atoms with Gasteiger partial charge in [0.05, 0.1) is 18.1 Å². The summed E-state index contributed by atoms with van der Waals surface area (Å²) in [6, 6.07) is 0. The second-order valence-electron chi connectivity index (χ2n) is 1.88. The highest BCUT2D eigenvalue weighted by atomic mass is 16.4. The normalized spacial score (nSPS) is 10.9. The molecule has 54 valence electrons. The maximum atomic E-state index is 8.12. The zero-order valence-electron chi connectivity index (χ0n) is 5.70. The van der Waals surface area contributed by atoms with Gasteiger partial charge in [0.25, 0.3) is 0 Å². The first-order chi connectivity index (χ1) is 4.86. The number of rotatable bonds is 2. The van der Waals surface area contributed by atoms with Gasteiger partial charge in [0.2, 0.25) is 0 Å². The molecule has 0 saturated heterocycles. The standard InChI is InChI=1S/C6H9N3O/c1-2-6-7-3-5(9-6)4-8-10/h3-4,10H,2H2,1H3,(H,7,9). The molecule has 0 spiro atoms. The third-order valence-electron chi connectivity index (χ3n) is 1.18. The number of aromatic amines is 1. The third-order valence-corrected chi connectivity index (χ3v) is 1.18. The summed E-state index contributed by atoms with van der Waals surface area (Å²) in [6.07, 6.45) is 3.80. The predicted molar refractivity (Wildman–Crippen MR) is 37.3 cm³/mol. The van der Waals surface area contributed by atoms with Gasteiger partial charge in [0.15, 0.2) is 0 Å². The first-order valence-corrected chi connectivity index (χ1v) is 3.08. The first kappa shape index (κ1) is 6.80. The number of imidazole rings is 1. The van der Waals surface area contributed by atoms with E-state index in [2.05, 4.69) is 15.1 Å². The van der Waals surface area contributed by atoms with Crippen LogP contribution in [0.15, 0.2) is 11.4 Å². The summed E-state index contributed by atoms with van der Waals surface area (Å²) >= 11 is 0. The average molecular weight is 139 g/mol. The van der Waals surface area contributed by atoms with Crippen molar-refractivity contribution >= 4 is 6.21 Å². The molecule has 4 nitrogen and oxygen atoms in total. The zero-order chi connectivity index (χ0) is 7.40. The second-order valence-corrected chi connectivity index (χ2v) is 1.88. The Labute approximate surface area is 58.6 Å². The Morgan fingerprint density at radius 3 is 3.20 bits per heavy atom. The molecule has 4 heteroatoms. The molecule has 1 aromatic rings. The van der Waals surface area contributed by atoms with Gasteiger partial charge in [-0.15, -0.1) is 0 Å². The molecule has 0 unspecified atom stereocenters. The zero-order valence-corrected chi connectivity index (χ0v) is 5.70. The fourth-order valence-corrected chi connectivity index (χ4v) is 0.686. The lowest BCUT2D eigenvalue weighted by molar-refractivity contribution is 0.321. The Bertz CT molecular complexity index is 229. The molecule has 0 bridgehead atoms.